The van der Waals surface area contributed by atoms with Crippen molar-refractivity contribution in [3.63, 3.8) is 0 Å². The van der Waals surface area contributed by atoms with Gasteiger partial charge in [0.05, 0.1) is 6.61 Å². The minimum absolute atomic E-state index is 0.0219. The summed E-state index contributed by atoms with van der Waals surface area (Å²) in [5.74, 6) is 2.18. The second-order valence-electron chi connectivity index (χ2n) is 6.52. The molecule has 1 N–H and O–H groups in total. The van der Waals surface area contributed by atoms with Gasteiger partial charge >= 0.3 is 0 Å². The van der Waals surface area contributed by atoms with Crippen molar-refractivity contribution in [2.45, 2.75) is 39.8 Å². The summed E-state index contributed by atoms with van der Waals surface area (Å²) in [6.45, 7) is 6.91. The minimum atomic E-state index is -0.177. The molecule has 1 heterocycles. The third kappa shape index (κ3) is 4.48. The summed E-state index contributed by atoms with van der Waals surface area (Å²) in [5, 5.41) is 2.89. The van der Waals surface area contributed by atoms with Gasteiger partial charge in [-0.25, -0.2) is 0 Å². The van der Waals surface area contributed by atoms with Gasteiger partial charge in [0.1, 0.15) is 23.4 Å². The first kappa shape index (κ1) is 18.1. The van der Waals surface area contributed by atoms with Crippen molar-refractivity contribution >= 4 is 5.91 Å². The number of ether oxygens (including phenoxy) is 3. The van der Waals surface area contributed by atoms with E-state index in [2.05, 4.69) is 5.32 Å². The Kier molecular flexibility index (Phi) is 5.66. The van der Waals surface area contributed by atoms with Gasteiger partial charge < -0.3 is 19.5 Å². The standard InChI is InChI=1S/C21H25NO4/c1-4-24-19-10-16-9-15(3)26-20(16)11-17(19)12-22-21(23)13-25-18-7-5-6-14(2)8-18/h5-8,10-11,15H,4,9,12-13H2,1-3H3,(H,22,23)/t15-/m1/s1. The predicted molar refractivity (Wildman–Crippen MR) is 99.9 cm³/mol. The molecule has 5 heteroatoms. The number of benzene rings is 2. The molecule has 138 valence electrons. The molecule has 0 aliphatic carbocycles. The number of nitrogens with one attached hydrogen (secondary N) is 1. The summed E-state index contributed by atoms with van der Waals surface area (Å²) in [6, 6.07) is 11.6. The van der Waals surface area contributed by atoms with E-state index in [-0.39, 0.29) is 18.6 Å². The first-order valence-corrected chi connectivity index (χ1v) is 8.96. The van der Waals surface area contributed by atoms with Crippen molar-refractivity contribution in [3.05, 3.63) is 53.1 Å². The van der Waals surface area contributed by atoms with E-state index in [1.54, 1.807) is 0 Å². The van der Waals surface area contributed by atoms with Crippen molar-refractivity contribution in [3.8, 4) is 17.2 Å². The van der Waals surface area contributed by atoms with Crippen molar-refractivity contribution in [1.82, 2.24) is 5.32 Å². The molecular formula is C21H25NO4. The smallest absolute Gasteiger partial charge is 0.258 e. The molecule has 0 spiro atoms. The zero-order valence-electron chi connectivity index (χ0n) is 15.5. The Hall–Kier alpha value is -2.69. The summed E-state index contributed by atoms with van der Waals surface area (Å²) in [5.41, 5.74) is 3.15. The second-order valence-corrected chi connectivity index (χ2v) is 6.52. The predicted octanol–water partition coefficient (Wildman–Crippen LogP) is 3.41. The second kappa shape index (κ2) is 8.13. The van der Waals surface area contributed by atoms with Gasteiger partial charge in [0, 0.05) is 24.1 Å². The Labute approximate surface area is 154 Å². The Morgan fingerprint density at radius 1 is 1.27 bits per heavy atom. The van der Waals surface area contributed by atoms with E-state index in [4.69, 9.17) is 14.2 Å². The topological polar surface area (TPSA) is 56.8 Å². The highest BCUT2D eigenvalue weighted by atomic mass is 16.5. The number of carbonyl (C=O) groups excluding carboxylic acids is 1. The molecule has 2 aromatic carbocycles. The van der Waals surface area contributed by atoms with Crippen LogP contribution in [-0.4, -0.2) is 25.2 Å². The maximum atomic E-state index is 12.1. The fourth-order valence-corrected chi connectivity index (χ4v) is 3.01. The third-order valence-electron chi connectivity index (χ3n) is 4.21. The van der Waals surface area contributed by atoms with Gasteiger partial charge in [-0.3, -0.25) is 4.79 Å². The molecule has 3 rings (SSSR count). The highest BCUT2D eigenvalue weighted by Crippen LogP contribution is 2.35. The van der Waals surface area contributed by atoms with Crippen LogP contribution in [0.15, 0.2) is 36.4 Å². The largest absolute Gasteiger partial charge is 0.494 e. The molecule has 1 atom stereocenters. The number of carbonyl (C=O) groups is 1. The quantitative estimate of drug-likeness (QED) is 0.827. The number of hydrogen-bond donors (Lipinski definition) is 1. The Bertz CT molecular complexity index is 788. The molecule has 0 saturated heterocycles. The monoisotopic (exact) mass is 355 g/mol. The van der Waals surface area contributed by atoms with Gasteiger partial charge in [-0.05, 0) is 50.6 Å². The molecule has 0 unspecified atom stereocenters. The van der Waals surface area contributed by atoms with Crippen LogP contribution in [0, 0.1) is 6.92 Å². The van der Waals surface area contributed by atoms with Gasteiger partial charge in [-0.2, -0.15) is 0 Å². The van der Waals surface area contributed by atoms with Gasteiger partial charge in [-0.15, -0.1) is 0 Å². The van der Waals surface area contributed by atoms with Crippen LogP contribution in [0.3, 0.4) is 0 Å². The minimum Gasteiger partial charge on any atom is -0.494 e. The van der Waals surface area contributed by atoms with Crippen molar-refractivity contribution < 1.29 is 19.0 Å². The molecule has 2 aromatic rings. The van der Waals surface area contributed by atoms with Crippen LogP contribution >= 0.6 is 0 Å². The Balaban J connectivity index is 1.60. The number of amides is 1. The lowest BCUT2D eigenvalue weighted by atomic mass is 10.1. The molecular weight excluding hydrogens is 330 g/mol. The third-order valence-corrected chi connectivity index (χ3v) is 4.21. The molecule has 0 bridgehead atoms. The van der Waals surface area contributed by atoms with E-state index in [1.807, 2.05) is 57.2 Å². The molecule has 1 aliphatic rings. The van der Waals surface area contributed by atoms with E-state index >= 15 is 0 Å². The first-order chi connectivity index (χ1) is 12.5. The van der Waals surface area contributed by atoms with E-state index < -0.39 is 0 Å². The zero-order valence-corrected chi connectivity index (χ0v) is 15.5. The molecule has 1 amide bonds. The molecule has 1 aliphatic heterocycles. The molecule has 0 fully saturated rings. The Morgan fingerprint density at radius 3 is 2.88 bits per heavy atom. The molecule has 26 heavy (non-hydrogen) atoms. The molecule has 0 saturated carbocycles. The van der Waals surface area contributed by atoms with Crippen molar-refractivity contribution in [2.75, 3.05) is 13.2 Å². The van der Waals surface area contributed by atoms with Crippen LogP contribution in [0.4, 0.5) is 0 Å². The fraction of sp³-hybridized carbons (Fsp3) is 0.381. The SMILES string of the molecule is CCOc1cc2c(cc1CNC(=O)COc1cccc(C)c1)O[C@H](C)C2. The highest BCUT2D eigenvalue weighted by Gasteiger charge is 2.22. The van der Waals surface area contributed by atoms with Crippen LogP contribution in [-0.2, 0) is 17.8 Å². The molecule has 0 aromatic heterocycles. The maximum absolute atomic E-state index is 12.1. The summed E-state index contributed by atoms with van der Waals surface area (Å²) in [4.78, 5) is 12.1. The van der Waals surface area contributed by atoms with E-state index in [1.165, 1.54) is 0 Å². The van der Waals surface area contributed by atoms with Gasteiger partial charge in [0.25, 0.3) is 5.91 Å². The lowest BCUT2D eigenvalue weighted by Crippen LogP contribution is -2.28. The van der Waals surface area contributed by atoms with Gasteiger partial charge in [0.2, 0.25) is 0 Å². The van der Waals surface area contributed by atoms with E-state index in [0.29, 0.717) is 18.9 Å². The highest BCUT2D eigenvalue weighted by molar-refractivity contribution is 5.77. The summed E-state index contributed by atoms with van der Waals surface area (Å²) < 4.78 is 17.1. The normalized spacial score (nSPS) is 15.1. The zero-order chi connectivity index (χ0) is 18.5. The molecule has 5 nitrogen and oxygen atoms in total. The van der Waals surface area contributed by atoms with E-state index in [0.717, 1.165) is 34.6 Å². The summed E-state index contributed by atoms with van der Waals surface area (Å²) in [7, 11) is 0. The van der Waals surface area contributed by atoms with Crippen molar-refractivity contribution in [2.24, 2.45) is 0 Å². The van der Waals surface area contributed by atoms with E-state index in [9.17, 15) is 4.79 Å². The van der Waals surface area contributed by atoms with Crippen LogP contribution in [0.1, 0.15) is 30.5 Å². The number of fused-ring (bicyclic) bond motifs is 1. The average molecular weight is 355 g/mol. The molecule has 0 radical (unpaired) electrons. The van der Waals surface area contributed by atoms with Crippen molar-refractivity contribution in [1.29, 1.82) is 0 Å². The lowest BCUT2D eigenvalue weighted by molar-refractivity contribution is -0.123. The van der Waals surface area contributed by atoms with Gasteiger partial charge in [-0.1, -0.05) is 12.1 Å². The number of hydrogen-bond acceptors (Lipinski definition) is 4. The summed E-state index contributed by atoms with van der Waals surface area (Å²) in [6.07, 6.45) is 1.05. The maximum Gasteiger partial charge on any atom is 0.258 e. The van der Waals surface area contributed by atoms with Gasteiger partial charge in [0.15, 0.2) is 6.61 Å². The first-order valence-electron chi connectivity index (χ1n) is 8.96. The fourth-order valence-electron chi connectivity index (χ4n) is 3.01. The van der Waals surface area contributed by atoms with Crippen LogP contribution in [0.5, 0.6) is 17.2 Å². The number of aryl methyl sites for hydroxylation is 1. The Morgan fingerprint density at radius 2 is 2.12 bits per heavy atom. The number of rotatable bonds is 7. The lowest BCUT2D eigenvalue weighted by Gasteiger charge is -2.13. The average Bonchev–Trinajstić information content (AvgIpc) is 2.97. The van der Waals surface area contributed by atoms with Crippen LogP contribution in [0.25, 0.3) is 0 Å². The van der Waals surface area contributed by atoms with Crippen LogP contribution < -0.4 is 19.5 Å². The van der Waals surface area contributed by atoms with Crippen LogP contribution in [0.2, 0.25) is 0 Å². The summed E-state index contributed by atoms with van der Waals surface area (Å²) >= 11 is 0.